The highest BCUT2D eigenvalue weighted by Crippen LogP contribution is 2.44. The largest absolute Gasteiger partial charge is 0.495 e. The summed E-state index contributed by atoms with van der Waals surface area (Å²) in [6, 6.07) is 13.8. The third kappa shape index (κ3) is 5.71. The minimum atomic E-state index is -5.71. The van der Waals surface area contributed by atoms with Gasteiger partial charge in [0.15, 0.2) is 4.21 Å². The van der Waals surface area contributed by atoms with Crippen molar-refractivity contribution in [3.63, 3.8) is 0 Å². The molecule has 0 spiro atoms. The Labute approximate surface area is 222 Å². The summed E-state index contributed by atoms with van der Waals surface area (Å²) in [7, 11) is -2.84. The third-order valence-electron chi connectivity index (χ3n) is 5.51. The van der Waals surface area contributed by atoms with Crippen LogP contribution < -0.4 is 9.46 Å². The molecule has 0 aliphatic heterocycles. The van der Waals surface area contributed by atoms with Crippen LogP contribution in [-0.4, -0.2) is 37.8 Å². The van der Waals surface area contributed by atoms with Crippen molar-refractivity contribution in [3.8, 4) is 27.4 Å². The number of rotatable bonds is 8. The number of carbonyl (C=O) groups is 1. The molecule has 0 aliphatic carbocycles. The predicted octanol–water partition coefficient (Wildman–Crippen LogP) is 6.64. The molecule has 14 heteroatoms. The molecule has 0 saturated carbocycles. The van der Waals surface area contributed by atoms with Gasteiger partial charge in [0.1, 0.15) is 10.8 Å². The van der Waals surface area contributed by atoms with Crippen LogP contribution in [-0.2, 0) is 15.9 Å². The number of alkyl halides is 5. The number of methoxy groups -OCH3 is 1. The number of thiazole rings is 1. The van der Waals surface area contributed by atoms with Crippen molar-refractivity contribution >= 4 is 33.0 Å². The molecule has 1 aromatic heterocycles. The first-order valence-electron chi connectivity index (χ1n) is 10.8. The molecule has 0 aliphatic rings. The van der Waals surface area contributed by atoms with E-state index in [0.717, 1.165) is 29.7 Å². The summed E-state index contributed by atoms with van der Waals surface area (Å²) in [6.45, 7) is 0. The molecule has 39 heavy (non-hydrogen) atoms. The molecule has 4 aromatic rings. The standard InChI is InChI=1S/C25H17F5N2O5S2/c1-37-20-12-17(23(33)34)8-11-19(20)32-39(35,36)21-13-31-22(38-21)16-4-2-14(3-5-16)15-6-9-18(10-7-15)24(26,27)25(28,29)30/h2-13,32H,1H3,(H,33,34). The van der Waals surface area contributed by atoms with Gasteiger partial charge in [-0.1, -0.05) is 48.5 Å². The highest BCUT2D eigenvalue weighted by molar-refractivity contribution is 7.94. The summed E-state index contributed by atoms with van der Waals surface area (Å²) in [6.07, 6.45) is -4.56. The smallest absolute Gasteiger partial charge is 0.458 e. The normalized spacial score (nSPS) is 12.3. The zero-order valence-electron chi connectivity index (χ0n) is 19.7. The average Bonchev–Trinajstić information content (AvgIpc) is 3.40. The minimum absolute atomic E-state index is 0.00830. The third-order valence-corrected chi connectivity index (χ3v) is 8.38. The van der Waals surface area contributed by atoms with Crippen molar-refractivity contribution in [2.45, 2.75) is 16.3 Å². The van der Waals surface area contributed by atoms with Crippen LogP contribution >= 0.6 is 11.3 Å². The molecule has 0 amide bonds. The number of nitrogens with zero attached hydrogens (tertiary/aromatic N) is 1. The molecule has 0 bridgehead atoms. The Morgan fingerprint density at radius 2 is 1.49 bits per heavy atom. The molecule has 0 radical (unpaired) electrons. The van der Waals surface area contributed by atoms with E-state index in [2.05, 4.69) is 9.71 Å². The average molecular weight is 585 g/mol. The van der Waals surface area contributed by atoms with E-state index in [1.165, 1.54) is 25.3 Å². The number of ether oxygens (including phenoxy) is 1. The fourth-order valence-electron chi connectivity index (χ4n) is 3.46. The van der Waals surface area contributed by atoms with Crippen LogP contribution in [0.5, 0.6) is 5.75 Å². The van der Waals surface area contributed by atoms with E-state index in [0.29, 0.717) is 33.8 Å². The van der Waals surface area contributed by atoms with E-state index in [-0.39, 0.29) is 21.2 Å². The van der Waals surface area contributed by atoms with Crippen LogP contribution in [0.2, 0.25) is 0 Å². The topological polar surface area (TPSA) is 106 Å². The number of hydrogen-bond acceptors (Lipinski definition) is 6. The van der Waals surface area contributed by atoms with Gasteiger partial charge in [-0.3, -0.25) is 4.72 Å². The van der Waals surface area contributed by atoms with E-state index in [9.17, 15) is 35.2 Å². The van der Waals surface area contributed by atoms with Gasteiger partial charge in [0.2, 0.25) is 0 Å². The van der Waals surface area contributed by atoms with E-state index in [1.54, 1.807) is 24.3 Å². The van der Waals surface area contributed by atoms with Crippen LogP contribution in [0.4, 0.5) is 27.6 Å². The van der Waals surface area contributed by atoms with Crippen LogP contribution in [0.15, 0.2) is 77.1 Å². The molecule has 4 rings (SSSR count). The van der Waals surface area contributed by atoms with E-state index in [4.69, 9.17) is 9.84 Å². The fourth-order valence-corrected chi connectivity index (χ4v) is 5.67. The lowest BCUT2D eigenvalue weighted by molar-refractivity contribution is -0.289. The molecule has 204 valence electrons. The van der Waals surface area contributed by atoms with Gasteiger partial charge in [-0.2, -0.15) is 22.0 Å². The predicted molar refractivity (Wildman–Crippen MR) is 134 cm³/mol. The Morgan fingerprint density at radius 3 is 2.03 bits per heavy atom. The molecule has 0 unspecified atom stereocenters. The van der Waals surface area contributed by atoms with Crippen LogP contribution in [0, 0.1) is 0 Å². The maximum Gasteiger partial charge on any atom is 0.458 e. The molecule has 0 saturated heterocycles. The van der Waals surface area contributed by atoms with Crippen molar-refractivity contribution in [2.24, 2.45) is 0 Å². The first-order chi connectivity index (χ1) is 18.2. The summed E-state index contributed by atoms with van der Waals surface area (Å²) < 4.78 is 97.9. The number of sulfonamides is 1. The Hall–Kier alpha value is -4.04. The lowest BCUT2D eigenvalue weighted by Gasteiger charge is -2.20. The fraction of sp³-hybridized carbons (Fsp3) is 0.120. The highest BCUT2D eigenvalue weighted by atomic mass is 32.2. The zero-order valence-corrected chi connectivity index (χ0v) is 21.3. The van der Waals surface area contributed by atoms with Crippen LogP contribution in [0.1, 0.15) is 15.9 Å². The lowest BCUT2D eigenvalue weighted by Crippen LogP contribution is -2.33. The Bertz CT molecular complexity index is 1620. The number of aromatic carboxylic acids is 1. The second-order valence-corrected chi connectivity index (χ2v) is 11.0. The van der Waals surface area contributed by atoms with Gasteiger partial charge in [-0.05, 0) is 29.3 Å². The number of halogens is 5. The summed E-state index contributed by atoms with van der Waals surface area (Å²) in [5.74, 6) is -6.17. The number of carboxylic acids is 1. The molecule has 7 nitrogen and oxygen atoms in total. The van der Waals surface area contributed by atoms with Gasteiger partial charge < -0.3 is 9.84 Å². The Kier molecular flexibility index (Phi) is 7.36. The van der Waals surface area contributed by atoms with E-state index < -0.39 is 33.7 Å². The van der Waals surface area contributed by atoms with E-state index in [1.807, 2.05) is 0 Å². The van der Waals surface area contributed by atoms with Gasteiger partial charge >= 0.3 is 18.1 Å². The van der Waals surface area contributed by atoms with Gasteiger partial charge in [0, 0.05) is 11.1 Å². The Morgan fingerprint density at radius 1 is 0.923 bits per heavy atom. The van der Waals surface area contributed by atoms with Gasteiger partial charge in [-0.25, -0.2) is 18.2 Å². The van der Waals surface area contributed by atoms with E-state index >= 15 is 0 Å². The molecule has 1 heterocycles. The van der Waals surface area contributed by atoms with Crippen molar-refractivity contribution in [2.75, 3.05) is 11.8 Å². The molecule has 0 fully saturated rings. The summed E-state index contributed by atoms with van der Waals surface area (Å²) in [5.41, 5.74) is 0.237. The number of anilines is 1. The zero-order chi connectivity index (χ0) is 28.6. The van der Waals surface area contributed by atoms with Gasteiger partial charge in [-0.15, -0.1) is 11.3 Å². The second kappa shape index (κ2) is 10.3. The maximum absolute atomic E-state index is 13.5. The lowest BCUT2D eigenvalue weighted by atomic mass is 10.0. The molecule has 2 N–H and O–H groups in total. The molecule has 3 aromatic carbocycles. The first kappa shape index (κ1) is 28.0. The van der Waals surface area contributed by atoms with Crippen LogP contribution in [0.25, 0.3) is 21.7 Å². The van der Waals surface area contributed by atoms with Crippen molar-refractivity contribution in [1.29, 1.82) is 0 Å². The second-order valence-electron chi connectivity index (χ2n) is 8.04. The maximum atomic E-state index is 13.5. The molecule has 0 atom stereocenters. The quantitative estimate of drug-likeness (QED) is 0.225. The van der Waals surface area contributed by atoms with Crippen LogP contribution in [0.3, 0.4) is 0 Å². The number of benzene rings is 3. The number of aromatic nitrogens is 1. The molecular formula is C25H17F5N2O5S2. The number of nitrogens with one attached hydrogen (secondary N) is 1. The first-order valence-corrected chi connectivity index (χ1v) is 13.1. The summed E-state index contributed by atoms with van der Waals surface area (Å²) in [4.78, 5) is 15.3. The Balaban J connectivity index is 1.53. The van der Waals surface area contributed by atoms with Gasteiger partial charge in [0.25, 0.3) is 10.0 Å². The SMILES string of the molecule is COc1cc(C(=O)O)ccc1NS(=O)(=O)c1cnc(-c2ccc(-c3ccc(C(F)(F)C(F)(F)F)cc3)cc2)s1. The van der Waals surface area contributed by atoms with Crippen molar-refractivity contribution in [3.05, 3.63) is 84.1 Å². The summed E-state index contributed by atoms with van der Waals surface area (Å²) in [5, 5.41) is 9.44. The van der Waals surface area contributed by atoms with Crippen molar-refractivity contribution in [1.82, 2.24) is 4.98 Å². The highest BCUT2D eigenvalue weighted by Gasteiger charge is 2.58. The monoisotopic (exact) mass is 584 g/mol. The number of carboxylic acid groups (broad SMARTS) is 1. The molecular weight excluding hydrogens is 567 g/mol. The summed E-state index contributed by atoms with van der Waals surface area (Å²) >= 11 is 0.856. The number of hydrogen-bond donors (Lipinski definition) is 2. The minimum Gasteiger partial charge on any atom is -0.495 e. The van der Waals surface area contributed by atoms with Gasteiger partial charge in [0.05, 0.1) is 24.6 Å². The van der Waals surface area contributed by atoms with Crippen molar-refractivity contribution < 1.29 is 45.0 Å².